The molecule has 0 saturated heterocycles. The van der Waals surface area contributed by atoms with E-state index in [9.17, 15) is 0 Å². The van der Waals surface area contributed by atoms with E-state index in [4.69, 9.17) is 4.74 Å². The van der Waals surface area contributed by atoms with E-state index in [2.05, 4.69) is 47.0 Å². The van der Waals surface area contributed by atoms with E-state index in [1.54, 1.807) is 11.3 Å². The Labute approximate surface area is 171 Å². The quantitative estimate of drug-likeness (QED) is 0.376. The summed E-state index contributed by atoms with van der Waals surface area (Å²) in [7, 11) is 2.02. The second kappa shape index (κ2) is 11.3. The number of nitrogens with one attached hydrogen (secondary N) is 1. The molecule has 0 radical (unpaired) electrons. The average Bonchev–Trinajstić information content (AvgIpc) is 2.98. The zero-order valence-corrected chi connectivity index (χ0v) is 18.4. The number of nitrogens with zero attached hydrogens (tertiary/aromatic N) is 3. The third-order valence-electron chi connectivity index (χ3n) is 3.51. The molecule has 1 N–H and O–H groups in total. The molecule has 0 atom stereocenters. The van der Waals surface area contributed by atoms with E-state index in [-0.39, 0.29) is 24.0 Å². The number of para-hydroxylation sites is 1. The molecular formula is C18H27IN4OS. The SMILES string of the molecule is CCNC(=NCc1ncc(C)s1)N(C)CCOc1ccccc1C.I. The normalized spacial score (nSPS) is 11.0. The van der Waals surface area contributed by atoms with Crippen molar-refractivity contribution in [1.29, 1.82) is 0 Å². The molecular weight excluding hydrogens is 447 g/mol. The number of guanidine groups is 1. The van der Waals surface area contributed by atoms with Gasteiger partial charge in [-0.05, 0) is 32.4 Å². The first-order valence-electron chi connectivity index (χ1n) is 8.19. The van der Waals surface area contributed by atoms with Crippen LogP contribution in [0.2, 0.25) is 0 Å². The Morgan fingerprint density at radius 2 is 2.08 bits per heavy atom. The first-order chi connectivity index (χ1) is 11.6. The van der Waals surface area contributed by atoms with E-state index < -0.39 is 0 Å². The molecule has 0 amide bonds. The van der Waals surface area contributed by atoms with Gasteiger partial charge < -0.3 is 15.0 Å². The minimum atomic E-state index is 0. The van der Waals surface area contributed by atoms with E-state index in [1.165, 1.54) is 4.88 Å². The van der Waals surface area contributed by atoms with Crippen LogP contribution in [0.1, 0.15) is 22.4 Å². The molecule has 0 bridgehead atoms. The topological polar surface area (TPSA) is 49.8 Å². The molecule has 2 aromatic rings. The highest BCUT2D eigenvalue weighted by Crippen LogP contribution is 2.16. The maximum absolute atomic E-state index is 5.87. The van der Waals surface area contributed by atoms with Crippen molar-refractivity contribution in [2.45, 2.75) is 27.3 Å². The Balaban J connectivity index is 0.00000312. The minimum absolute atomic E-state index is 0. The largest absolute Gasteiger partial charge is 0.491 e. The number of benzene rings is 1. The number of thiazole rings is 1. The van der Waals surface area contributed by atoms with Crippen molar-refractivity contribution < 1.29 is 4.74 Å². The number of aryl methyl sites for hydroxylation is 2. The summed E-state index contributed by atoms with van der Waals surface area (Å²) >= 11 is 1.69. The van der Waals surface area contributed by atoms with Gasteiger partial charge in [0.05, 0.1) is 13.1 Å². The van der Waals surface area contributed by atoms with Crippen LogP contribution in [0.4, 0.5) is 0 Å². The molecule has 0 spiro atoms. The van der Waals surface area contributed by atoms with Crippen LogP contribution in [0, 0.1) is 13.8 Å². The number of aromatic nitrogens is 1. The van der Waals surface area contributed by atoms with Crippen molar-refractivity contribution in [3.8, 4) is 5.75 Å². The van der Waals surface area contributed by atoms with E-state index in [0.717, 1.165) is 35.4 Å². The van der Waals surface area contributed by atoms with E-state index >= 15 is 0 Å². The first kappa shape index (κ1) is 21.7. The first-order valence-corrected chi connectivity index (χ1v) is 9.01. The van der Waals surface area contributed by atoms with Crippen LogP contribution < -0.4 is 10.1 Å². The Hall–Kier alpha value is -1.35. The fourth-order valence-electron chi connectivity index (χ4n) is 2.20. The van der Waals surface area contributed by atoms with Gasteiger partial charge in [0, 0.05) is 24.7 Å². The molecule has 1 aromatic heterocycles. The Morgan fingerprint density at radius 1 is 1.32 bits per heavy atom. The number of likely N-dealkylation sites (N-methyl/N-ethyl adjacent to an activating group) is 1. The van der Waals surface area contributed by atoms with Gasteiger partial charge in [-0.1, -0.05) is 18.2 Å². The van der Waals surface area contributed by atoms with Crippen molar-refractivity contribution in [1.82, 2.24) is 15.2 Å². The highest BCUT2D eigenvalue weighted by Gasteiger charge is 2.07. The van der Waals surface area contributed by atoms with Crippen LogP contribution in [-0.4, -0.2) is 42.6 Å². The van der Waals surface area contributed by atoms with Gasteiger partial charge in [-0.2, -0.15) is 0 Å². The molecule has 138 valence electrons. The fraction of sp³-hybridized carbons (Fsp3) is 0.444. The lowest BCUT2D eigenvalue weighted by molar-refractivity contribution is 0.280. The van der Waals surface area contributed by atoms with Gasteiger partial charge in [-0.3, -0.25) is 0 Å². The summed E-state index contributed by atoms with van der Waals surface area (Å²) in [5.74, 6) is 1.81. The molecule has 7 heteroatoms. The lowest BCUT2D eigenvalue weighted by Gasteiger charge is -2.22. The second-order valence-electron chi connectivity index (χ2n) is 5.57. The summed E-state index contributed by atoms with van der Waals surface area (Å²) in [6, 6.07) is 8.07. The second-order valence-corrected chi connectivity index (χ2v) is 6.89. The van der Waals surface area contributed by atoms with Crippen LogP contribution in [0.15, 0.2) is 35.5 Å². The van der Waals surface area contributed by atoms with Gasteiger partial charge in [0.15, 0.2) is 5.96 Å². The Bertz CT molecular complexity index is 675. The zero-order chi connectivity index (χ0) is 17.4. The van der Waals surface area contributed by atoms with Crippen molar-refractivity contribution in [3.63, 3.8) is 0 Å². The van der Waals surface area contributed by atoms with Gasteiger partial charge >= 0.3 is 0 Å². The maximum Gasteiger partial charge on any atom is 0.194 e. The number of rotatable bonds is 7. The summed E-state index contributed by atoms with van der Waals surface area (Å²) in [6.45, 7) is 8.99. The average molecular weight is 474 g/mol. The van der Waals surface area contributed by atoms with Crippen LogP contribution in [0.5, 0.6) is 5.75 Å². The third kappa shape index (κ3) is 7.19. The van der Waals surface area contributed by atoms with Gasteiger partial charge in [-0.25, -0.2) is 9.98 Å². The lowest BCUT2D eigenvalue weighted by atomic mass is 10.2. The van der Waals surface area contributed by atoms with Gasteiger partial charge in [0.2, 0.25) is 0 Å². The molecule has 5 nitrogen and oxygen atoms in total. The van der Waals surface area contributed by atoms with Crippen molar-refractivity contribution in [3.05, 3.63) is 45.9 Å². The monoisotopic (exact) mass is 474 g/mol. The van der Waals surface area contributed by atoms with E-state index in [1.807, 2.05) is 31.4 Å². The Kier molecular flexibility index (Phi) is 9.81. The molecule has 2 rings (SSSR count). The van der Waals surface area contributed by atoms with Gasteiger partial charge in [0.1, 0.15) is 17.4 Å². The highest BCUT2D eigenvalue weighted by atomic mass is 127. The van der Waals surface area contributed by atoms with Crippen LogP contribution in [0.3, 0.4) is 0 Å². The van der Waals surface area contributed by atoms with Gasteiger partial charge in [-0.15, -0.1) is 35.3 Å². The maximum atomic E-state index is 5.87. The minimum Gasteiger partial charge on any atom is -0.491 e. The lowest BCUT2D eigenvalue weighted by Crippen LogP contribution is -2.40. The molecule has 0 saturated carbocycles. The van der Waals surface area contributed by atoms with Crippen molar-refractivity contribution in [2.75, 3.05) is 26.7 Å². The molecule has 0 aliphatic carbocycles. The molecule has 25 heavy (non-hydrogen) atoms. The third-order valence-corrected chi connectivity index (χ3v) is 4.41. The van der Waals surface area contributed by atoms with Crippen LogP contribution in [-0.2, 0) is 6.54 Å². The Morgan fingerprint density at radius 3 is 2.72 bits per heavy atom. The summed E-state index contributed by atoms with van der Waals surface area (Å²) in [5, 5.41) is 4.35. The number of hydrogen-bond acceptors (Lipinski definition) is 4. The standard InChI is InChI=1S/C18H26N4OS.HI/c1-5-19-18(21-13-17-20-12-15(3)24-17)22(4)10-11-23-16-9-7-6-8-14(16)2;/h6-9,12H,5,10-11,13H2,1-4H3,(H,19,21);1H. The number of ether oxygens (including phenoxy) is 1. The van der Waals surface area contributed by atoms with Crippen LogP contribution in [0.25, 0.3) is 0 Å². The molecule has 0 aliphatic heterocycles. The van der Waals surface area contributed by atoms with Crippen molar-refractivity contribution >= 4 is 41.3 Å². The molecule has 0 aliphatic rings. The molecule has 0 fully saturated rings. The summed E-state index contributed by atoms with van der Waals surface area (Å²) < 4.78 is 5.87. The molecule has 1 aromatic carbocycles. The van der Waals surface area contributed by atoms with Crippen molar-refractivity contribution in [2.24, 2.45) is 4.99 Å². The van der Waals surface area contributed by atoms with Crippen LogP contribution >= 0.6 is 35.3 Å². The predicted molar refractivity (Wildman–Crippen MR) is 116 cm³/mol. The fourth-order valence-corrected chi connectivity index (χ4v) is 2.92. The predicted octanol–water partition coefficient (Wildman–Crippen LogP) is 3.85. The smallest absolute Gasteiger partial charge is 0.194 e. The molecule has 0 unspecified atom stereocenters. The van der Waals surface area contributed by atoms with Gasteiger partial charge in [0.25, 0.3) is 0 Å². The highest BCUT2D eigenvalue weighted by molar-refractivity contribution is 14.0. The zero-order valence-electron chi connectivity index (χ0n) is 15.3. The number of aliphatic imine (C=N–C) groups is 1. The summed E-state index contributed by atoms with van der Waals surface area (Å²) in [5.41, 5.74) is 1.15. The summed E-state index contributed by atoms with van der Waals surface area (Å²) in [6.07, 6.45) is 1.89. The van der Waals surface area contributed by atoms with E-state index in [0.29, 0.717) is 13.2 Å². The summed E-state index contributed by atoms with van der Waals surface area (Å²) in [4.78, 5) is 12.3. The molecule has 1 heterocycles. The number of hydrogen-bond donors (Lipinski definition) is 1. The number of halogens is 1.